The van der Waals surface area contributed by atoms with E-state index in [1.165, 1.54) is 24.0 Å². The van der Waals surface area contributed by atoms with E-state index in [1.54, 1.807) is 7.11 Å². The molecule has 1 unspecified atom stereocenters. The van der Waals surface area contributed by atoms with Crippen molar-refractivity contribution < 1.29 is 19.3 Å². The SMILES string of the molecule is COc1ccc(C)c([C@]23CCN(CC4CC4)C(C)[C@]2(O)CCC2(C3)OCCO2)c1. The third-order valence-corrected chi connectivity index (χ3v) is 8.31. The minimum absolute atomic E-state index is 0.112. The largest absolute Gasteiger partial charge is 0.497 e. The zero-order valence-corrected chi connectivity index (χ0v) is 18.1. The van der Waals surface area contributed by atoms with Gasteiger partial charge in [0, 0.05) is 30.8 Å². The van der Waals surface area contributed by atoms with E-state index in [1.807, 2.05) is 6.07 Å². The number of ether oxygens (including phenoxy) is 3. The van der Waals surface area contributed by atoms with Crippen LogP contribution in [-0.2, 0) is 14.9 Å². The molecule has 3 atom stereocenters. The Morgan fingerprint density at radius 2 is 1.93 bits per heavy atom. The fourth-order valence-corrected chi connectivity index (χ4v) is 6.40. The van der Waals surface area contributed by atoms with Gasteiger partial charge in [0.15, 0.2) is 5.79 Å². The van der Waals surface area contributed by atoms with Crippen molar-refractivity contribution in [2.24, 2.45) is 5.92 Å². The summed E-state index contributed by atoms with van der Waals surface area (Å²) < 4.78 is 17.9. The molecule has 2 aliphatic carbocycles. The molecule has 4 aliphatic rings. The summed E-state index contributed by atoms with van der Waals surface area (Å²) in [6.45, 7) is 7.81. The molecule has 5 heteroatoms. The van der Waals surface area contributed by atoms with Crippen LogP contribution in [0.25, 0.3) is 0 Å². The molecule has 0 radical (unpaired) electrons. The average molecular weight is 402 g/mol. The molecule has 0 bridgehead atoms. The molecule has 2 aliphatic heterocycles. The number of piperidine rings is 1. The highest BCUT2D eigenvalue weighted by atomic mass is 16.7. The van der Waals surface area contributed by atoms with Crippen molar-refractivity contribution in [3.8, 4) is 5.75 Å². The maximum atomic E-state index is 12.4. The number of rotatable bonds is 4. The fourth-order valence-electron chi connectivity index (χ4n) is 6.40. The molecule has 5 nitrogen and oxygen atoms in total. The lowest BCUT2D eigenvalue weighted by Crippen LogP contribution is -2.72. The third-order valence-electron chi connectivity index (χ3n) is 8.31. The normalized spacial score (nSPS) is 36.9. The minimum Gasteiger partial charge on any atom is -0.497 e. The van der Waals surface area contributed by atoms with Gasteiger partial charge in [-0.05, 0) is 75.3 Å². The lowest BCUT2D eigenvalue weighted by atomic mass is 9.52. The van der Waals surface area contributed by atoms with Crippen LogP contribution in [0.1, 0.15) is 56.6 Å². The minimum atomic E-state index is -0.808. The molecule has 0 aromatic heterocycles. The van der Waals surface area contributed by atoms with Gasteiger partial charge in [-0.1, -0.05) is 6.07 Å². The van der Waals surface area contributed by atoms with Crippen molar-refractivity contribution in [2.45, 2.75) is 75.2 Å². The molecule has 2 heterocycles. The van der Waals surface area contributed by atoms with Gasteiger partial charge in [0.25, 0.3) is 0 Å². The van der Waals surface area contributed by atoms with Crippen LogP contribution in [0.3, 0.4) is 0 Å². The fraction of sp³-hybridized carbons (Fsp3) is 0.750. The molecule has 4 fully saturated rings. The lowest BCUT2D eigenvalue weighted by Gasteiger charge is -2.62. The monoisotopic (exact) mass is 401 g/mol. The summed E-state index contributed by atoms with van der Waals surface area (Å²) in [5.74, 6) is 1.12. The average Bonchev–Trinajstić information content (AvgIpc) is 3.43. The maximum absolute atomic E-state index is 12.4. The molecule has 1 N–H and O–H groups in total. The van der Waals surface area contributed by atoms with Gasteiger partial charge in [0.05, 0.1) is 25.9 Å². The first-order valence-electron chi connectivity index (χ1n) is 11.3. The van der Waals surface area contributed by atoms with Crippen molar-refractivity contribution in [3.05, 3.63) is 29.3 Å². The van der Waals surface area contributed by atoms with Gasteiger partial charge in [-0.3, -0.25) is 4.90 Å². The van der Waals surface area contributed by atoms with Gasteiger partial charge in [-0.15, -0.1) is 0 Å². The van der Waals surface area contributed by atoms with Crippen LogP contribution in [0.15, 0.2) is 18.2 Å². The van der Waals surface area contributed by atoms with Crippen LogP contribution in [0, 0.1) is 12.8 Å². The molecule has 0 amide bonds. The summed E-state index contributed by atoms with van der Waals surface area (Å²) in [7, 11) is 1.71. The number of methoxy groups -OCH3 is 1. The molecule has 2 saturated carbocycles. The van der Waals surface area contributed by atoms with Crippen LogP contribution in [0.4, 0.5) is 0 Å². The number of aryl methyl sites for hydroxylation is 1. The van der Waals surface area contributed by atoms with Gasteiger partial charge < -0.3 is 19.3 Å². The van der Waals surface area contributed by atoms with E-state index in [2.05, 4.69) is 30.9 Å². The predicted octanol–water partition coefficient (Wildman–Crippen LogP) is 3.40. The number of nitrogens with zero attached hydrogens (tertiary/aromatic N) is 1. The highest BCUT2D eigenvalue weighted by Gasteiger charge is 2.65. The molecular weight excluding hydrogens is 366 g/mol. The second-order valence-corrected chi connectivity index (χ2v) is 9.84. The van der Waals surface area contributed by atoms with Gasteiger partial charge in [0.1, 0.15) is 5.75 Å². The zero-order chi connectivity index (χ0) is 20.3. The van der Waals surface area contributed by atoms with Crippen molar-refractivity contribution in [1.29, 1.82) is 0 Å². The van der Waals surface area contributed by atoms with Gasteiger partial charge in [-0.25, -0.2) is 0 Å². The topological polar surface area (TPSA) is 51.2 Å². The Hall–Kier alpha value is -1.14. The molecule has 2 saturated heterocycles. The van der Waals surface area contributed by atoms with Crippen LogP contribution >= 0.6 is 0 Å². The Balaban J connectivity index is 1.60. The first kappa shape index (κ1) is 19.8. The molecule has 1 aromatic rings. The van der Waals surface area contributed by atoms with Crippen molar-refractivity contribution >= 4 is 0 Å². The summed E-state index contributed by atoms with van der Waals surface area (Å²) in [5, 5.41) is 12.4. The van der Waals surface area contributed by atoms with Gasteiger partial charge in [-0.2, -0.15) is 0 Å². The summed E-state index contributed by atoms with van der Waals surface area (Å²) in [6.07, 6.45) is 5.77. The Morgan fingerprint density at radius 1 is 1.17 bits per heavy atom. The van der Waals surface area contributed by atoms with E-state index in [0.717, 1.165) is 37.6 Å². The highest BCUT2D eigenvalue weighted by Crippen LogP contribution is 2.59. The molecule has 29 heavy (non-hydrogen) atoms. The molecule has 1 aromatic carbocycles. The van der Waals surface area contributed by atoms with E-state index in [-0.39, 0.29) is 6.04 Å². The number of likely N-dealkylation sites (tertiary alicyclic amines) is 1. The van der Waals surface area contributed by atoms with Crippen molar-refractivity contribution in [3.63, 3.8) is 0 Å². The van der Waals surface area contributed by atoms with E-state index >= 15 is 0 Å². The standard InChI is InChI=1S/C24H35NO4/c1-17-4-7-20(27-3)14-21(17)22-10-11-25(15-19-5-6-19)18(2)24(22,26)9-8-23(16-22)28-12-13-29-23/h4,7,14,18-19,26H,5-6,8-13,15-16H2,1-3H3/t18?,22-,24-/m1/s1. The number of hydrogen-bond donors (Lipinski definition) is 1. The Kier molecular flexibility index (Phi) is 4.74. The lowest BCUT2D eigenvalue weighted by molar-refractivity contribution is -0.254. The second-order valence-electron chi connectivity index (χ2n) is 9.84. The van der Waals surface area contributed by atoms with Crippen molar-refractivity contribution in [2.75, 3.05) is 33.4 Å². The summed E-state index contributed by atoms with van der Waals surface area (Å²) in [6, 6.07) is 6.40. The Labute approximate surface area is 174 Å². The second kappa shape index (κ2) is 6.94. The Bertz CT molecular complexity index is 772. The predicted molar refractivity (Wildman–Crippen MR) is 111 cm³/mol. The van der Waals surface area contributed by atoms with Crippen molar-refractivity contribution in [1.82, 2.24) is 4.90 Å². The van der Waals surface area contributed by atoms with Crippen LogP contribution < -0.4 is 4.74 Å². The number of aliphatic hydroxyl groups is 1. The van der Waals surface area contributed by atoms with Gasteiger partial charge in [0.2, 0.25) is 0 Å². The first-order valence-corrected chi connectivity index (χ1v) is 11.3. The quantitative estimate of drug-likeness (QED) is 0.838. The molecule has 5 rings (SSSR count). The first-order chi connectivity index (χ1) is 13.9. The summed E-state index contributed by atoms with van der Waals surface area (Å²) >= 11 is 0. The van der Waals surface area contributed by atoms with Crippen LogP contribution in [0.2, 0.25) is 0 Å². The summed E-state index contributed by atoms with van der Waals surface area (Å²) in [5.41, 5.74) is 1.21. The van der Waals surface area contributed by atoms with E-state index in [9.17, 15) is 5.11 Å². The summed E-state index contributed by atoms with van der Waals surface area (Å²) in [4.78, 5) is 2.54. The number of fused-ring (bicyclic) bond motifs is 1. The smallest absolute Gasteiger partial charge is 0.169 e. The maximum Gasteiger partial charge on any atom is 0.169 e. The molecule has 1 spiro atoms. The number of hydrogen-bond acceptors (Lipinski definition) is 5. The van der Waals surface area contributed by atoms with Gasteiger partial charge >= 0.3 is 0 Å². The van der Waals surface area contributed by atoms with Crippen LogP contribution in [0.5, 0.6) is 5.75 Å². The third kappa shape index (κ3) is 3.04. The Morgan fingerprint density at radius 3 is 2.62 bits per heavy atom. The van der Waals surface area contributed by atoms with E-state index in [4.69, 9.17) is 14.2 Å². The number of benzene rings is 1. The van der Waals surface area contributed by atoms with Crippen LogP contribution in [-0.4, -0.2) is 60.8 Å². The molecular formula is C24H35NO4. The van der Waals surface area contributed by atoms with E-state index in [0.29, 0.717) is 26.1 Å². The highest BCUT2D eigenvalue weighted by molar-refractivity contribution is 5.44. The zero-order valence-electron chi connectivity index (χ0n) is 18.1. The molecule has 160 valence electrons. The van der Waals surface area contributed by atoms with E-state index < -0.39 is 16.8 Å².